The molecule has 6 heteroatoms. The zero-order chi connectivity index (χ0) is 9.52. The molecule has 0 aliphatic heterocycles. The first kappa shape index (κ1) is 9.24. The molecule has 0 spiro atoms. The van der Waals surface area contributed by atoms with Gasteiger partial charge in [-0.05, 0) is 6.42 Å². The lowest BCUT2D eigenvalue weighted by atomic mass is 10.5. The van der Waals surface area contributed by atoms with Crippen LogP contribution in [0.4, 0.5) is 10.7 Å². The van der Waals surface area contributed by atoms with Crippen molar-refractivity contribution in [3.63, 3.8) is 0 Å². The normalized spacial score (nSPS) is 10.2. The average Bonchev–Trinajstić information content (AvgIpc) is 2.57. The Morgan fingerprint density at radius 1 is 1.77 bits per heavy atom. The van der Waals surface area contributed by atoms with Gasteiger partial charge in [-0.25, -0.2) is 9.89 Å². The van der Waals surface area contributed by atoms with E-state index in [-0.39, 0.29) is 6.03 Å². The smallest absolute Gasteiger partial charge is 0.315 e. The van der Waals surface area contributed by atoms with E-state index in [1.807, 2.05) is 13.0 Å². The quantitative estimate of drug-likeness (QED) is 0.646. The third kappa shape index (κ3) is 3.37. The molecule has 6 nitrogen and oxygen atoms in total. The van der Waals surface area contributed by atoms with Gasteiger partial charge in [0.15, 0.2) is 0 Å². The number of rotatable bonds is 3. The van der Waals surface area contributed by atoms with E-state index < -0.39 is 0 Å². The van der Waals surface area contributed by atoms with Crippen LogP contribution in [0.25, 0.3) is 0 Å². The van der Waals surface area contributed by atoms with Crippen molar-refractivity contribution < 1.29 is 4.79 Å². The van der Waals surface area contributed by atoms with Gasteiger partial charge in [0.2, 0.25) is 5.95 Å². The van der Waals surface area contributed by atoms with Crippen LogP contribution in [0.5, 0.6) is 0 Å². The number of aromatic nitrogens is 3. The maximum Gasteiger partial charge on any atom is 0.325 e. The van der Waals surface area contributed by atoms with Gasteiger partial charge in [-0.1, -0.05) is 13.0 Å². The van der Waals surface area contributed by atoms with Crippen LogP contribution in [0.1, 0.15) is 13.3 Å². The SMILES string of the molecule is CC/C=C/NC(=O)Nc1ncn[nH]1. The topological polar surface area (TPSA) is 82.7 Å². The number of urea groups is 1. The van der Waals surface area contributed by atoms with Gasteiger partial charge in [0.1, 0.15) is 6.33 Å². The summed E-state index contributed by atoms with van der Waals surface area (Å²) in [4.78, 5) is 14.7. The Bertz CT molecular complexity index is 279. The molecule has 0 saturated carbocycles. The van der Waals surface area contributed by atoms with Crippen molar-refractivity contribution in [1.82, 2.24) is 20.5 Å². The first-order valence-corrected chi connectivity index (χ1v) is 3.91. The maximum absolute atomic E-state index is 11.0. The van der Waals surface area contributed by atoms with E-state index in [1.54, 1.807) is 6.20 Å². The third-order valence-corrected chi connectivity index (χ3v) is 1.21. The second kappa shape index (κ2) is 4.91. The Morgan fingerprint density at radius 3 is 3.23 bits per heavy atom. The van der Waals surface area contributed by atoms with E-state index in [9.17, 15) is 4.79 Å². The van der Waals surface area contributed by atoms with E-state index in [1.165, 1.54) is 6.33 Å². The first-order chi connectivity index (χ1) is 6.33. The molecule has 0 fully saturated rings. The van der Waals surface area contributed by atoms with Crippen molar-refractivity contribution in [2.45, 2.75) is 13.3 Å². The zero-order valence-corrected chi connectivity index (χ0v) is 7.24. The van der Waals surface area contributed by atoms with Crippen LogP contribution in [0.2, 0.25) is 0 Å². The number of nitrogens with one attached hydrogen (secondary N) is 3. The van der Waals surface area contributed by atoms with Gasteiger partial charge in [-0.3, -0.25) is 5.32 Å². The number of H-pyrrole nitrogens is 1. The van der Waals surface area contributed by atoms with Crippen LogP contribution in [-0.4, -0.2) is 21.2 Å². The largest absolute Gasteiger partial charge is 0.325 e. The monoisotopic (exact) mass is 181 g/mol. The Morgan fingerprint density at radius 2 is 2.62 bits per heavy atom. The molecule has 0 aliphatic rings. The highest BCUT2D eigenvalue weighted by Crippen LogP contribution is 1.90. The van der Waals surface area contributed by atoms with Crippen molar-refractivity contribution in [2.75, 3.05) is 5.32 Å². The number of carbonyl (C=O) groups is 1. The van der Waals surface area contributed by atoms with Gasteiger partial charge < -0.3 is 5.32 Å². The first-order valence-electron chi connectivity index (χ1n) is 3.91. The van der Waals surface area contributed by atoms with Crippen molar-refractivity contribution in [3.05, 3.63) is 18.6 Å². The van der Waals surface area contributed by atoms with Gasteiger partial charge >= 0.3 is 6.03 Å². The third-order valence-electron chi connectivity index (χ3n) is 1.21. The Kier molecular flexibility index (Phi) is 3.49. The molecule has 2 amide bonds. The fraction of sp³-hybridized carbons (Fsp3) is 0.286. The summed E-state index contributed by atoms with van der Waals surface area (Å²) in [7, 11) is 0. The summed E-state index contributed by atoms with van der Waals surface area (Å²) in [6, 6.07) is -0.346. The number of amides is 2. The summed E-state index contributed by atoms with van der Waals surface area (Å²) in [5.41, 5.74) is 0. The standard InChI is InChI=1S/C7H11N5O/c1-2-3-4-8-7(13)11-6-9-5-10-12-6/h3-5H,2H2,1H3,(H3,8,9,10,11,12,13)/b4-3+. The minimum absolute atomic E-state index is 0.322. The highest BCUT2D eigenvalue weighted by molar-refractivity contribution is 5.87. The zero-order valence-electron chi connectivity index (χ0n) is 7.24. The molecule has 0 aromatic carbocycles. The van der Waals surface area contributed by atoms with Crippen LogP contribution in [0.15, 0.2) is 18.6 Å². The molecule has 0 unspecified atom stereocenters. The second-order valence-electron chi connectivity index (χ2n) is 2.24. The highest BCUT2D eigenvalue weighted by atomic mass is 16.2. The molecule has 0 atom stereocenters. The number of aromatic amines is 1. The average molecular weight is 181 g/mol. The highest BCUT2D eigenvalue weighted by Gasteiger charge is 1.99. The predicted molar refractivity (Wildman–Crippen MR) is 48.0 cm³/mol. The van der Waals surface area contributed by atoms with Gasteiger partial charge in [0.05, 0.1) is 0 Å². The molecule has 0 saturated heterocycles. The number of nitrogens with zero attached hydrogens (tertiary/aromatic N) is 2. The summed E-state index contributed by atoms with van der Waals surface area (Å²) in [5, 5.41) is 11.0. The van der Waals surface area contributed by atoms with Gasteiger partial charge in [0, 0.05) is 6.20 Å². The number of carbonyl (C=O) groups excluding carboxylic acids is 1. The molecule has 1 aromatic rings. The summed E-state index contributed by atoms with van der Waals surface area (Å²) in [6.45, 7) is 1.98. The summed E-state index contributed by atoms with van der Waals surface area (Å²) in [5.74, 6) is 0.322. The minimum atomic E-state index is -0.346. The summed E-state index contributed by atoms with van der Waals surface area (Å²) < 4.78 is 0. The van der Waals surface area contributed by atoms with Crippen molar-refractivity contribution in [2.24, 2.45) is 0 Å². The lowest BCUT2D eigenvalue weighted by Crippen LogP contribution is -2.24. The van der Waals surface area contributed by atoms with E-state index in [0.29, 0.717) is 5.95 Å². The Balaban J connectivity index is 2.30. The number of hydrogen-bond acceptors (Lipinski definition) is 3. The van der Waals surface area contributed by atoms with Crippen LogP contribution >= 0.6 is 0 Å². The van der Waals surface area contributed by atoms with Gasteiger partial charge in [-0.2, -0.15) is 10.1 Å². The molecule has 1 rings (SSSR count). The number of allylic oxidation sites excluding steroid dienone is 1. The summed E-state index contributed by atoms with van der Waals surface area (Å²) in [6.07, 6.45) is 5.60. The fourth-order valence-corrected chi connectivity index (χ4v) is 0.662. The minimum Gasteiger partial charge on any atom is -0.315 e. The molecule has 0 bridgehead atoms. The second-order valence-corrected chi connectivity index (χ2v) is 2.24. The van der Waals surface area contributed by atoms with Crippen LogP contribution in [0, 0.1) is 0 Å². The van der Waals surface area contributed by atoms with Crippen LogP contribution in [-0.2, 0) is 0 Å². The van der Waals surface area contributed by atoms with E-state index in [4.69, 9.17) is 0 Å². The number of anilines is 1. The van der Waals surface area contributed by atoms with Crippen molar-refractivity contribution >= 4 is 12.0 Å². The molecule has 0 radical (unpaired) electrons. The summed E-state index contributed by atoms with van der Waals surface area (Å²) >= 11 is 0. The molecule has 13 heavy (non-hydrogen) atoms. The van der Waals surface area contributed by atoms with Crippen LogP contribution < -0.4 is 10.6 Å². The lowest BCUT2D eigenvalue weighted by Gasteiger charge is -1.98. The van der Waals surface area contributed by atoms with Gasteiger partial charge in [0.25, 0.3) is 0 Å². The van der Waals surface area contributed by atoms with Gasteiger partial charge in [-0.15, -0.1) is 0 Å². The predicted octanol–water partition coefficient (Wildman–Crippen LogP) is 0.850. The molecule has 0 aliphatic carbocycles. The molecule has 1 heterocycles. The van der Waals surface area contributed by atoms with E-state index >= 15 is 0 Å². The fourth-order valence-electron chi connectivity index (χ4n) is 0.662. The van der Waals surface area contributed by atoms with E-state index in [2.05, 4.69) is 25.8 Å². The Hall–Kier alpha value is -1.85. The molecule has 70 valence electrons. The lowest BCUT2D eigenvalue weighted by molar-refractivity contribution is 0.255. The molecule has 3 N–H and O–H groups in total. The molecule has 1 aromatic heterocycles. The number of hydrogen-bond donors (Lipinski definition) is 3. The Labute approximate surface area is 75.4 Å². The molecular weight excluding hydrogens is 170 g/mol. The van der Waals surface area contributed by atoms with Crippen molar-refractivity contribution in [3.8, 4) is 0 Å². The molecular formula is C7H11N5O. The van der Waals surface area contributed by atoms with Crippen molar-refractivity contribution in [1.29, 1.82) is 0 Å². The van der Waals surface area contributed by atoms with E-state index in [0.717, 1.165) is 6.42 Å². The maximum atomic E-state index is 11.0. The van der Waals surface area contributed by atoms with Crippen LogP contribution in [0.3, 0.4) is 0 Å².